The van der Waals surface area contributed by atoms with Crippen molar-refractivity contribution in [2.75, 3.05) is 46.3 Å². The summed E-state index contributed by atoms with van der Waals surface area (Å²) in [7, 11) is 1.66. The van der Waals surface area contributed by atoms with Gasteiger partial charge in [0.15, 0.2) is 0 Å². The highest BCUT2D eigenvalue weighted by Crippen LogP contribution is 2.38. The molecule has 3 fully saturated rings. The maximum Gasteiger partial charge on any atom is 0.240 e. The Morgan fingerprint density at radius 1 is 1.19 bits per heavy atom. The van der Waals surface area contributed by atoms with E-state index in [1.54, 1.807) is 7.05 Å². The van der Waals surface area contributed by atoms with Crippen LogP contribution < -0.4 is 10.6 Å². The molecule has 21 heavy (non-hydrogen) atoms. The van der Waals surface area contributed by atoms with E-state index in [1.165, 1.54) is 19.3 Å². The summed E-state index contributed by atoms with van der Waals surface area (Å²) < 4.78 is 0. The molecular formula is C15H26N4O2. The Balaban J connectivity index is 1.50. The topological polar surface area (TPSA) is 64.7 Å². The van der Waals surface area contributed by atoms with E-state index in [1.807, 2.05) is 4.90 Å². The molecule has 118 valence electrons. The van der Waals surface area contributed by atoms with E-state index in [-0.39, 0.29) is 17.9 Å². The number of nitrogens with zero attached hydrogens (tertiary/aromatic N) is 2. The Hall–Kier alpha value is -1.14. The molecule has 0 spiro atoms. The third-order valence-electron chi connectivity index (χ3n) is 5.34. The van der Waals surface area contributed by atoms with Crippen LogP contribution >= 0.6 is 0 Å². The lowest BCUT2D eigenvalue weighted by atomic mass is 9.93. The van der Waals surface area contributed by atoms with Gasteiger partial charge in [-0.25, -0.2) is 0 Å². The largest absolute Gasteiger partial charge is 0.358 e. The van der Waals surface area contributed by atoms with Crippen molar-refractivity contribution in [3.05, 3.63) is 0 Å². The van der Waals surface area contributed by atoms with E-state index >= 15 is 0 Å². The maximum absolute atomic E-state index is 12.7. The Morgan fingerprint density at radius 3 is 2.67 bits per heavy atom. The van der Waals surface area contributed by atoms with Gasteiger partial charge in [0.1, 0.15) is 0 Å². The van der Waals surface area contributed by atoms with Gasteiger partial charge in [-0.1, -0.05) is 6.42 Å². The van der Waals surface area contributed by atoms with Gasteiger partial charge in [0, 0.05) is 33.2 Å². The van der Waals surface area contributed by atoms with Gasteiger partial charge in [-0.15, -0.1) is 0 Å². The van der Waals surface area contributed by atoms with Crippen molar-refractivity contribution in [3.8, 4) is 0 Å². The molecule has 1 aliphatic carbocycles. The monoisotopic (exact) mass is 294 g/mol. The second-order valence-electron chi connectivity index (χ2n) is 6.52. The number of hydrogen-bond acceptors (Lipinski definition) is 4. The normalized spacial score (nSPS) is 33.0. The zero-order chi connectivity index (χ0) is 14.8. The van der Waals surface area contributed by atoms with Gasteiger partial charge in [-0.05, 0) is 31.2 Å². The summed E-state index contributed by atoms with van der Waals surface area (Å²) in [5.74, 6) is 1.60. The average Bonchev–Trinajstić information content (AvgIpc) is 3.10. The highest BCUT2D eigenvalue weighted by atomic mass is 16.2. The molecule has 3 atom stereocenters. The lowest BCUT2D eigenvalue weighted by Gasteiger charge is -2.36. The molecule has 2 saturated heterocycles. The second kappa shape index (κ2) is 6.32. The van der Waals surface area contributed by atoms with E-state index in [0.717, 1.165) is 32.7 Å². The number of nitrogens with one attached hydrogen (secondary N) is 2. The molecule has 6 nitrogen and oxygen atoms in total. The van der Waals surface area contributed by atoms with Gasteiger partial charge in [0.05, 0.1) is 12.6 Å². The van der Waals surface area contributed by atoms with Crippen LogP contribution in [-0.4, -0.2) is 74.0 Å². The van der Waals surface area contributed by atoms with Gasteiger partial charge < -0.3 is 15.5 Å². The molecule has 3 aliphatic rings. The zero-order valence-corrected chi connectivity index (χ0v) is 12.8. The molecule has 2 aliphatic heterocycles. The van der Waals surface area contributed by atoms with E-state index in [4.69, 9.17) is 0 Å². The van der Waals surface area contributed by atoms with E-state index < -0.39 is 0 Å². The average molecular weight is 294 g/mol. The Labute approximate surface area is 126 Å². The number of hydrogen-bond donors (Lipinski definition) is 2. The first-order valence-electron chi connectivity index (χ1n) is 8.14. The fourth-order valence-corrected chi connectivity index (χ4v) is 4.06. The molecule has 0 aromatic heterocycles. The number of likely N-dealkylation sites (N-methyl/N-ethyl adjacent to an activating group) is 1. The third kappa shape index (κ3) is 3.06. The summed E-state index contributed by atoms with van der Waals surface area (Å²) in [6.07, 6.45) is 3.76. The standard InChI is InChI=1S/C15H26N4O2/c1-16-13(20)10-18-5-7-19(8-6-18)15(21)14-12-4-2-3-11(12)9-17-14/h11-12,14,17H,2-10H2,1H3,(H,16,20). The van der Waals surface area contributed by atoms with Crippen molar-refractivity contribution < 1.29 is 9.59 Å². The molecule has 2 N–H and O–H groups in total. The van der Waals surface area contributed by atoms with Crippen molar-refractivity contribution in [1.82, 2.24) is 20.4 Å². The summed E-state index contributed by atoms with van der Waals surface area (Å²) in [4.78, 5) is 28.2. The number of carbonyl (C=O) groups is 2. The van der Waals surface area contributed by atoms with E-state index in [0.29, 0.717) is 18.4 Å². The molecule has 2 amide bonds. The molecule has 1 saturated carbocycles. The first-order chi connectivity index (χ1) is 10.2. The minimum absolute atomic E-state index is 0.0426. The van der Waals surface area contributed by atoms with Crippen molar-refractivity contribution in [2.24, 2.45) is 11.8 Å². The van der Waals surface area contributed by atoms with Crippen LogP contribution in [-0.2, 0) is 9.59 Å². The summed E-state index contributed by atoms with van der Waals surface area (Å²) in [5.41, 5.74) is 0. The predicted octanol–water partition coefficient (Wildman–Crippen LogP) is -0.735. The first-order valence-corrected chi connectivity index (χ1v) is 8.14. The Morgan fingerprint density at radius 2 is 1.95 bits per heavy atom. The van der Waals surface area contributed by atoms with Crippen molar-refractivity contribution >= 4 is 11.8 Å². The van der Waals surface area contributed by atoms with Crippen LogP contribution in [0.4, 0.5) is 0 Å². The SMILES string of the molecule is CNC(=O)CN1CCN(C(=O)C2NCC3CCCC32)CC1. The molecule has 6 heteroatoms. The summed E-state index contributed by atoms with van der Waals surface area (Å²) >= 11 is 0. The third-order valence-corrected chi connectivity index (χ3v) is 5.34. The molecule has 0 bridgehead atoms. The predicted molar refractivity (Wildman–Crippen MR) is 79.7 cm³/mol. The number of piperazine rings is 1. The summed E-state index contributed by atoms with van der Waals surface area (Å²) in [6.45, 7) is 4.51. The van der Waals surface area contributed by atoms with Crippen LogP contribution in [0.1, 0.15) is 19.3 Å². The van der Waals surface area contributed by atoms with Crippen LogP contribution in [0, 0.1) is 11.8 Å². The van der Waals surface area contributed by atoms with Crippen LogP contribution in [0.5, 0.6) is 0 Å². The van der Waals surface area contributed by atoms with Gasteiger partial charge in [0.25, 0.3) is 0 Å². The Kier molecular flexibility index (Phi) is 4.45. The maximum atomic E-state index is 12.7. The second-order valence-corrected chi connectivity index (χ2v) is 6.52. The van der Waals surface area contributed by atoms with Gasteiger partial charge in [0.2, 0.25) is 11.8 Å². The first kappa shape index (κ1) is 14.8. The minimum atomic E-state index is 0.0426. The van der Waals surface area contributed by atoms with E-state index in [9.17, 15) is 9.59 Å². The number of fused-ring (bicyclic) bond motifs is 1. The smallest absolute Gasteiger partial charge is 0.240 e. The van der Waals surface area contributed by atoms with Crippen molar-refractivity contribution in [1.29, 1.82) is 0 Å². The highest BCUT2D eigenvalue weighted by Gasteiger charge is 2.44. The summed E-state index contributed by atoms with van der Waals surface area (Å²) in [6, 6.07) is 0.0444. The molecule has 3 rings (SSSR count). The zero-order valence-electron chi connectivity index (χ0n) is 12.8. The van der Waals surface area contributed by atoms with Crippen LogP contribution in [0.2, 0.25) is 0 Å². The Bertz CT molecular complexity index is 406. The van der Waals surface area contributed by atoms with Crippen LogP contribution in [0.3, 0.4) is 0 Å². The fraction of sp³-hybridized carbons (Fsp3) is 0.867. The lowest BCUT2D eigenvalue weighted by Crippen LogP contribution is -2.55. The number of amides is 2. The van der Waals surface area contributed by atoms with Crippen molar-refractivity contribution in [3.63, 3.8) is 0 Å². The van der Waals surface area contributed by atoms with Gasteiger partial charge in [-0.2, -0.15) is 0 Å². The summed E-state index contributed by atoms with van der Waals surface area (Å²) in [5, 5.41) is 6.08. The lowest BCUT2D eigenvalue weighted by molar-refractivity contribution is -0.136. The van der Waals surface area contributed by atoms with Gasteiger partial charge >= 0.3 is 0 Å². The number of carbonyl (C=O) groups excluding carboxylic acids is 2. The quantitative estimate of drug-likeness (QED) is 0.720. The molecule has 3 unspecified atom stereocenters. The minimum Gasteiger partial charge on any atom is -0.358 e. The van der Waals surface area contributed by atoms with Gasteiger partial charge in [-0.3, -0.25) is 14.5 Å². The molecule has 0 aromatic rings. The molecule has 0 aromatic carbocycles. The number of rotatable bonds is 3. The molecule has 2 heterocycles. The highest BCUT2D eigenvalue weighted by molar-refractivity contribution is 5.83. The van der Waals surface area contributed by atoms with Crippen LogP contribution in [0.15, 0.2) is 0 Å². The molecule has 0 radical (unpaired) electrons. The van der Waals surface area contributed by atoms with Crippen LogP contribution in [0.25, 0.3) is 0 Å². The van der Waals surface area contributed by atoms with E-state index in [2.05, 4.69) is 15.5 Å². The fourth-order valence-electron chi connectivity index (χ4n) is 4.06. The molecular weight excluding hydrogens is 268 g/mol. The van der Waals surface area contributed by atoms with Crippen molar-refractivity contribution in [2.45, 2.75) is 25.3 Å².